The average Bonchev–Trinajstić information content (AvgIpc) is 2.34. The summed E-state index contributed by atoms with van der Waals surface area (Å²) >= 11 is 0. The molecule has 0 aliphatic heterocycles. The Balaban J connectivity index is 3.28. The Morgan fingerprint density at radius 3 is 1.74 bits per heavy atom. The number of benzene rings is 1. The van der Waals surface area contributed by atoms with E-state index in [1.54, 1.807) is 0 Å². The predicted molar refractivity (Wildman–Crippen MR) is 83.0 cm³/mol. The average molecular weight is 260 g/mol. The lowest BCUT2D eigenvalue weighted by molar-refractivity contribution is 0.0938. The molecule has 0 saturated heterocycles. The molecule has 1 heteroatoms. The smallest absolute Gasteiger partial charge is 0.163 e. The fourth-order valence-electron chi connectivity index (χ4n) is 2.53. The van der Waals surface area contributed by atoms with Crippen LogP contribution < -0.4 is 0 Å². The Labute approximate surface area is 118 Å². The van der Waals surface area contributed by atoms with Gasteiger partial charge < -0.3 is 0 Å². The maximum atomic E-state index is 12.6. The van der Waals surface area contributed by atoms with Gasteiger partial charge in [-0.2, -0.15) is 0 Å². The molecule has 0 fully saturated rings. The van der Waals surface area contributed by atoms with Crippen LogP contribution in [0.4, 0.5) is 0 Å². The molecule has 106 valence electrons. The van der Waals surface area contributed by atoms with Gasteiger partial charge in [-0.1, -0.05) is 53.7 Å². The molecule has 1 rings (SSSR count). The second-order valence-corrected chi connectivity index (χ2v) is 6.51. The molecule has 0 aliphatic rings. The van der Waals surface area contributed by atoms with Crippen LogP contribution in [0.25, 0.3) is 0 Å². The minimum atomic E-state index is 0.0521. The summed E-state index contributed by atoms with van der Waals surface area (Å²) in [6.45, 7) is 12.8. The topological polar surface area (TPSA) is 17.1 Å². The van der Waals surface area contributed by atoms with Crippen LogP contribution in [0, 0.1) is 5.41 Å². The minimum Gasteiger partial charge on any atom is -0.294 e. The Bertz CT molecular complexity index is 424. The first-order valence-electron chi connectivity index (χ1n) is 7.50. The molecule has 0 aromatic heterocycles. The molecular weight excluding hydrogens is 232 g/mol. The van der Waals surface area contributed by atoms with E-state index in [0.717, 1.165) is 24.8 Å². The van der Waals surface area contributed by atoms with E-state index in [9.17, 15) is 4.79 Å². The highest BCUT2D eigenvalue weighted by atomic mass is 16.1. The van der Waals surface area contributed by atoms with Crippen LogP contribution in [0.15, 0.2) is 12.1 Å². The van der Waals surface area contributed by atoms with Crippen molar-refractivity contribution in [2.45, 2.75) is 67.2 Å². The fourth-order valence-corrected chi connectivity index (χ4v) is 2.53. The van der Waals surface area contributed by atoms with Crippen molar-refractivity contribution in [3.05, 3.63) is 34.4 Å². The van der Waals surface area contributed by atoms with Gasteiger partial charge in [0.25, 0.3) is 0 Å². The zero-order valence-corrected chi connectivity index (χ0v) is 13.4. The summed E-state index contributed by atoms with van der Waals surface area (Å²) in [4.78, 5) is 12.6. The number of ketones is 1. The van der Waals surface area contributed by atoms with Crippen LogP contribution >= 0.6 is 0 Å². The van der Waals surface area contributed by atoms with Crippen molar-refractivity contribution in [2.24, 2.45) is 5.41 Å². The lowest BCUT2D eigenvalue weighted by atomic mass is 9.83. The molecule has 0 N–H and O–H groups in total. The first kappa shape index (κ1) is 15.9. The monoisotopic (exact) mass is 260 g/mol. The van der Waals surface area contributed by atoms with Crippen LogP contribution in [0.3, 0.4) is 0 Å². The number of carbonyl (C=O) groups is 1. The number of hydrogen-bond donors (Lipinski definition) is 0. The quantitative estimate of drug-likeness (QED) is 0.681. The Hall–Kier alpha value is -1.11. The Morgan fingerprint density at radius 1 is 0.947 bits per heavy atom. The van der Waals surface area contributed by atoms with Crippen molar-refractivity contribution in [3.8, 4) is 0 Å². The maximum Gasteiger partial charge on any atom is 0.163 e. The maximum absolute atomic E-state index is 12.6. The van der Waals surface area contributed by atoms with Gasteiger partial charge in [0.15, 0.2) is 5.78 Å². The van der Waals surface area contributed by atoms with Crippen molar-refractivity contribution in [2.75, 3.05) is 0 Å². The third kappa shape index (κ3) is 4.19. The molecular formula is C18H28O. The summed E-state index contributed by atoms with van der Waals surface area (Å²) in [6, 6.07) is 4.43. The summed E-state index contributed by atoms with van der Waals surface area (Å²) in [7, 11) is 0. The van der Waals surface area contributed by atoms with Crippen molar-refractivity contribution in [1.82, 2.24) is 0 Å². The largest absolute Gasteiger partial charge is 0.294 e. The summed E-state index contributed by atoms with van der Waals surface area (Å²) in [5, 5.41) is 0. The summed E-state index contributed by atoms with van der Waals surface area (Å²) in [5.41, 5.74) is 4.85. The van der Waals surface area contributed by atoms with Crippen molar-refractivity contribution >= 4 is 5.78 Å². The second kappa shape index (κ2) is 6.36. The van der Waals surface area contributed by atoms with E-state index in [0.29, 0.717) is 12.2 Å². The zero-order chi connectivity index (χ0) is 14.6. The molecule has 0 heterocycles. The zero-order valence-electron chi connectivity index (χ0n) is 13.4. The van der Waals surface area contributed by atoms with Crippen LogP contribution in [-0.4, -0.2) is 5.78 Å². The van der Waals surface area contributed by atoms with Gasteiger partial charge in [0.2, 0.25) is 0 Å². The van der Waals surface area contributed by atoms with Gasteiger partial charge in [-0.3, -0.25) is 4.79 Å². The number of carbonyl (C=O) groups excluding carboxylic acids is 1. The van der Waals surface area contributed by atoms with Gasteiger partial charge in [0, 0.05) is 12.0 Å². The Morgan fingerprint density at radius 2 is 1.42 bits per heavy atom. The summed E-state index contributed by atoms with van der Waals surface area (Å²) in [5.74, 6) is 0.309. The van der Waals surface area contributed by atoms with E-state index < -0.39 is 0 Å². The Kier molecular flexibility index (Phi) is 5.34. The number of aryl methyl sites for hydroxylation is 3. The van der Waals surface area contributed by atoms with Crippen molar-refractivity contribution in [1.29, 1.82) is 0 Å². The predicted octanol–water partition coefficient (Wildman–Crippen LogP) is 4.99. The van der Waals surface area contributed by atoms with E-state index >= 15 is 0 Å². The first-order valence-corrected chi connectivity index (χ1v) is 7.50. The van der Waals surface area contributed by atoms with Gasteiger partial charge in [0.1, 0.15) is 0 Å². The van der Waals surface area contributed by atoms with Gasteiger partial charge >= 0.3 is 0 Å². The molecule has 1 nitrogen and oxygen atoms in total. The number of rotatable bonds is 5. The summed E-state index contributed by atoms with van der Waals surface area (Å²) < 4.78 is 0. The lowest BCUT2D eigenvalue weighted by Crippen LogP contribution is -2.16. The fraction of sp³-hybridized carbons (Fsp3) is 0.611. The third-order valence-corrected chi connectivity index (χ3v) is 3.50. The SMILES string of the molecule is CCc1cc(CC)c(C(=O)CC(C)(C)C)c(CC)c1. The molecule has 0 saturated carbocycles. The number of Topliss-reactive ketones (excluding diaryl/α,β-unsaturated/α-hetero) is 1. The van der Waals surface area contributed by atoms with Crippen LogP contribution in [-0.2, 0) is 19.3 Å². The van der Waals surface area contributed by atoms with Crippen LogP contribution in [0.5, 0.6) is 0 Å². The molecule has 1 aromatic rings. The van der Waals surface area contributed by atoms with Gasteiger partial charge in [0.05, 0.1) is 0 Å². The van der Waals surface area contributed by atoms with Gasteiger partial charge in [-0.25, -0.2) is 0 Å². The molecule has 0 spiro atoms. The van der Waals surface area contributed by atoms with Crippen LogP contribution in [0.2, 0.25) is 0 Å². The van der Waals surface area contributed by atoms with E-state index in [1.165, 1.54) is 16.7 Å². The molecule has 0 aliphatic carbocycles. The lowest BCUT2D eigenvalue weighted by Gasteiger charge is -2.20. The van der Waals surface area contributed by atoms with Crippen LogP contribution in [0.1, 0.15) is 75.0 Å². The standard InChI is InChI=1S/C18H28O/c1-7-13-10-14(8-2)17(15(9-3)11-13)16(19)12-18(4,5)6/h10-11H,7-9,12H2,1-6H3. The highest BCUT2D eigenvalue weighted by Gasteiger charge is 2.21. The minimum absolute atomic E-state index is 0.0521. The number of hydrogen-bond acceptors (Lipinski definition) is 1. The van der Waals surface area contributed by atoms with Gasteiger partial charge in [-0.15, -0.1) is 0 Å². The van der Waals surface area contributed by atoms with Crippen molar-refractivity contribution < 1.29 is 4.79 Å². The molecule has 0 unspecified atom stereocenters. The van der Waals surface area contributed by atoms with E-state index in [1.807, 2.05) is 0 Å². The van der Waals surface area contributed by atoms with Crippen molar-refractivity contribution in [3.63, 3.8) is 0 Å². The van der Waals surface area contributed by atoms with E-state index in [2.05, 4.69) is 53.7 Å². The van der Waals surface area contributed by atoms with E-state index in [4.69, 9.17) is 0 Å². The third-order valence-electron chi connectivity index (χ3n) is 3.50. The molecule has 0 amide bonds. The highest BCUT2D eigenvalue weighted by molar-refractivity contribution is 5.99. The molecule has 0 radical (unpaired) electrons. The normalized spacial score (nSPS) is 11.7. The highest BCUT2D eigenvalue weighted by Crippen LogP contribution is 2.27. The summed E-state index contributed by atoms with van der Waals surface area (Å²) in [6.07, 6.45) is 3.53. The molecule has 0 atom stereocenters. The first-order chi connectivity index (χ1) is 8.82. The molecule has 19 heavy (non-hydrogen) atoms. The van der Waals surface area contributed by atoms with E-state index in [-0.39, 0.29) is 5.41 Å². The van der Waals surface area contributed by atoms with Gasteiger partial charge in [-0.05, 0) is 41.4 Å². The molecule has 1 aromatic carbocycles. The second-order valence-electron chi connectivity index (χ2n) is 6.51. The molecule has 0 bridgehead atoms.